The lowest BCUT2D eigenvalue weighted by Gasteiger charge is -2.20. The van der Waals surface area contributed by atoms with Gasteiger partial charge in [-0.2, -0.15) is 0 Å². The van der Waals surface area contributed by atoms with Gasteiger partial charge in [0, 0.05) is 19.3 Å². The minimum Gasteiger partial charge on any atom is -0.481 e. The molecule has 0 radical (unpaired) electrons. The molecule has 1 atom stereocenters. The van der Waals surface area contributed by atoms with Gasteiger partial charge in [-0.25, -0.2) is 9.18 Å². The number of aliphatic carboxylic acids is 1. The van der Waals surface area contributed by atoms with Crippen molar-refractivity contribution in [1.29, 1.82) is 0 Å². The number of carboxylic acid groups (broad SMARTS) is 1. The normalized spacial score (nSPS) is 11.8. The average molecular weight is 289 g/mol. The topological polar surface area (TPSA) is 69.6 Å². The number of rotatable bonds is 4. The van der Waals surface area contributed by atoms with Crippen LogP contribution in [0.4, 0.5) is 14.9 Å². The van der Waals surface area contributed by atoms with Gasteiger partial charge >= 0.3 is 12.0 Å². The molecule has 0 spiro atoms. The maximum absolute atomic E-state index is 12.9. The molecule has 2 amide bonds. The molecule has 104 valence electrons. The summed E-state index contributed by atoms with van der Waals surface area (Å²) in [6.45, 7) is 1.57. The molecule has 0 heterocycles. The lowest BCUT2D eigenvalue weighted by molar-refractivity contribution is -0.141. The van der Waals surface area contributed by atoms with E-state index in [1.807, 2.05) is 0 Å². The van der Waals surface area contributed by atoms with Crippen LogP contribution in [-0.4, -0.2) is 35.6 Å². The van der Waals surface area contributed by atoms with Crippen molar-refractivity contribution >= 4 is 29.3 Å². The third-order valence-corrected chi connectivity index (χ3v) is 2.78. The summed E-state index contributed by atoms with van der Waals surface area (Å²) >= 11 is 5.59. The molecule has 0 aliphatic rings. The number of amides is 2. The molecule has 0 saturated carbocycles. The second-order valence-electron chi connectivity index (χ2n) is 4.18. The van der Waals surface area contributed by atoms with E-state index in [1.165, 1.54) is 31.0 Å². The van der Waals surface area contributed by atoms with Gasteiger partial charge in [0.05, 0.1) is 10.9 Å². The zero-order valence-corrected chi connectivity index (χ0v) is 11.2. The molecule has 7 heteroatoms. The van der Waals surface area contributed by atoms with E-state index in [0.29, 0.717) is 5.69 Å². The fraction of sp³-hybridized carbons (Fsp3) is 0.333. The first-order valence-electron chi connectivity index (χ1n) is 5.51. The highest BCUT2D eigenvalue weighted by Crippen LogP contribution is 2.19. The monoisotopic (exact) mass is 288 g/mol. The summed E-state index contributed by atoms with van der Waals surface area (Å²) in [6.07, 6.45) is 0. The van der Waals surface area contributed by atoms with Crippen molar-refractivity contribution in [2.75, 3.05) is 18.9 Å². The first-order chi connectivity index (χ1) is 8.81. The zero-order valence-electron chi connectivity index (χ0n) is 10.5. The highest BCUT2D eigenvalue weighted by molar-refractivity contribution is 6.31. The number of carbonyl (C=O) groups excluding carboxylic acids is 1. The van der Waals surface area contributed by atoms with Crippen molar-refractivity contribution in [3.8, 4) is 0 Å². The van der Waals surface area contributed by atoms with Crippen LogP contribution in [0, 0.1) is 11.7 Å². The van der Waals surface area contributed by atoms with E-state index in [0.717, 1.165) is 6.07 Å². The molecule has 0 bridgehead atoms. The summed E-state index contributed by atoms with van der Waals surface area (Å²) in [7, 11) is 1.47. The lowest BCUT2D eigenvalue weighted by atomic mass is 10.2. The van der Waals surface area contributed by atoms with Crippen LogP contribution in [0.15, 0.2) is 18.2 Å². The van der Waals surface area contributed by atoms with Crippen molar-refractivity contribution in [3.05, 3.63) is 29.0 Å². The average Bonchev–Trinajstić information content (AvgIpc) is 2.33. The van der Waals surface area contributed by atoms with Crippen LogP contribution in [0.25, 0.3) is 0 Å². The van der Waals surface area contributed by atoms with E-state index < -0.39 is 23.7 Å². The smallest absolute Gasteiger partial charge is 0.321 e. The number of nitrogens with zero attached hydrogens (tertiary/aromatic N) is 1. The minimum atomic E-state index is -0.982. The molecular weight excluding hydrogens is 275 g/mol. The maximum Gasteiger partial charge on any atom is 0.321 e. The Morgan fingerprint density at radius 3 is 2.68 bits per heavy atom. The van der Waals surface area contributed by atoms with E-state index in [-0.39, 0.29) is 11.6 Å². The number of hydrogen-bond acceptors (Lipinski definition) is 2. The first-order valence-corrected chi connectivity index (χ1v) is 5.89. The Balaban J connectivity index is 2.63. The molecule has 0 fully saturated rings. The van der Waals surface area contributed by atoms with E-state index in [2.05, 4.69) is 5.32 Å². The predicted molar refractivity (Wildman–Crippen MR) is 69.9 cm³/mol. The molecule has 1 rings (SSSR count). The number of nitrogens with one attached hydrogen (secondary N) is 1. The number of carboxylic acids is 1. The van der Waals surface area contributed by atoms with Gasteiger partial charge in [0.1, 0.15) is 5.82 Å². The van der Waals surface area contributed by atoms with Crippen molar-refractivity contribution in [1.82, 2.24) is 4.90 Å². The zero-order chi connectivity index (χ0) is 14.6. The summed E-state index contributed by atoms with van der Waals surface area (Å²) in [6, 6.07) is 3.30. The van der Waals surface area contributed by atoms with E-state index in [4.69, 9.17) is 16.7 Å². The molecule has 0 aromatic heterocycles. The van der Waals surface area contributed by atoms with Gasteiger partial charge in [-0.1, -0.05) is 18.5 Å². The van der Waals surface area contributed by atoms with Crippen LogP contribution in [0.5, 0.6) is 0 Å². The van der Waals surface area contributed by atoms with Gasteiger partial charge < -0.3 is 15.3 Å². The van der Waals surface area contributed by atoms with Crippen LogP contribution in [0.2, 0.25) is 5.02 Å². The number of urea groups is 1. The Labute approximate surface area is 115 Å². The third kappa shape index (κ3) is 4.40. The third-order valence-electron chi connectivity index (χ3n) is 2.49. The molecule has 1 aromatic carbocycles. The Kier molecular flexibility index (Phi) is 5.11. The van der Waals surface area contributed by atoms with E-state index in [1.54, 1.807) is 0 Å². The second kappa shape index (κ2) is 6.38. The molecule has 0 aliphatic heterocycles. The van der Waals surface area contributed by atoms with Gasteiger partial charge in [0.15, 0.2) is 0 Å². The highest BCUT2D eigenvalue weighted by atomic mass is 35.5. The summed E-state index contributed by atoms with van der Waals surface area (Å²) in [5, 5.41) is 11.2. The standard InChI is InChI=1S/C12H14ClFN2O3/c1-7(11(17)18)6-16(2)12(19)15-8-3-4-10(14)9(13)5-8/h3-5,7H,6H2,1-2H3,(H,15,19)(H,17,18). The summed E-state index contributed by atoms with van der Waals surface area (Å²) in [4.78, 5) is 23.7. The van der Waals surface area contributed by atoms with Crippen molar-refractivity contribution < 1.29 is 19.1 Å². The van der Waals surface area contributed by atoms with Crippen LogP contribution in [0.3, 0.4) is 0 Å². The first kappa shape index (κ1) is 15.2. The molecule has 5 nitrogen and oxygen atoms in total. The predicted octanol–water partition coefficient (Wildman–Crippen LogP) is 2.66. The fourth-order valence-electron chi connectivity index (χ4n) is 1.36. The Hall–Kier alpha value is -1.82. The molecule has 0 aliphatic carbocycles. The van der Waals surface area contributed by atoms with Crippen LogP contribution >= 0.6 is 11.6 Å². The molecular formula is C12H14ClFN2O3. The molecule has 1 unspecified atom stereocenters. The van der Waals surface area contributed by atoms with Gasteiger partial charge in [0.2, 0.25) is 0 Å². The molecule has 2 N–H and O–H groups in total. The minimum absolute atomic E-state index is 0.0656. The van der Waals surface area contributed by atoms with Crippen molar-refractivity contribution in [2.24, 2.45) is 5.92 Å². The number of halogens is 2. The van der Waals surface area contributed by atoms with E-state index in [9.17, 15) is 14.0 Å². The molecule has 0 saturated heterocycles. The quantitative estimate of drug-likeness (QED) is 0.895. The van der Waals surface area contributed by atoms with Crippen LogP contribution in [-0.2, 0) is 4.79 Å². The van der Waals surface area contributed by atoms with Gasteiger partial charge in [-0.05, 0) is 18.2 Å². The highest BCUT2D eigenvalue weighted by Gasteiger charge is 2.17. The van der Waals surface area contributed by atoms with Gasteiger partial charge in [-0.3, -0.25) is 4.79 Å². The Morgan fingerprint density at radius 2 is 2.16 bits per heavy atom. The largest absolute Gasteiger partial charge is 0.481 e. The maximum atomic E-state index is 12.9. The number of carbonyl (C=O) groups is 2. The van der Waals surface area contributed by atoms with E-state index >= 15 is 0 Å². The lowest BCUT2D eigenvalue weighted by Crippen LogP contribution is -2.36. The second-order valence-corrected chi connectivity index (χ2v) is 4.59. The van der Waals surface area contributed by atoms with Crippen LogP contribution in [0.1, 0.15) is 6.92 Å². The van der Waals surface area contributed by atoms with Crippen LogP contribution < -0.4 is 5.32 Å². The Bertz CT molecular complexity index is 496. The number of benzene rings is 1. The fourth-order valence-corrected chi connectivity index (χ4v) is 1.55. The molecule has 1 aromatic rings. The van der Waals surface area contributed by atoms with Gasteiger partial charge in [-0.15, -0.1) is 0 Å². The Morgan fingerprint density at radius 1 is 1.53 bits per heavy atom. The SMILES string of the molecule is CC(CN(C)C(=O)Nc1ccc(F)c(Cl)c1)C(=O)O. The summed E-state index contributed by atoms with van der Waals surface area (Å²) < 4.78 is 12.9. The summed E-state index contributed by atoms with van der Waals surface area (Å²) in [5.41, 5.74) is 0.339. The van der Waals surface area contributed by atoms with Gasteiger partial charge in [0.25, 0.3) is 0 Å². The van der Waals surface area contributed by atoms with Crippen molar-refractivity contribution in [3.63, 3.8) is 0 Å². The molecule has 19 heavy (non-hydrogen) atoms. The van der Waals surface area contributed by atoms with Crippen molar-refractivity contribution in [2.45, 2.75) is 6.92 Å². The number of anilines is 1. The number of hydrogen-bond donors (Lipinski definition) is 2. The summed E-state index contributed by atoms with van der Waals surface area (Å²) in [5.74, 6) is -2.23.